The van der Waals surface area contributed by atoms with Crippen LogP contribution in [0.4, 0.5) is 0 Å². The molecule has 0 bridgehead atoms. The second kappa shape index (κ2) is 3.89. The Morgan fingerprint density at radius 3 is 2.22 bits per heavy atom. The van der Waals surface area contributed by atoms with Crippen LogP contribution in [-0.2, 0) is 0 Å². The molecule has 0 aromatic heterocycles. The van der Waals surface area contributed by atoms with E-state index < -0.39 is 23.1 Å². The van der Waals surface area contributed by atoms with E-state index in [0.29, 0.717) is 17.5 Å². The Morgan fingerprint density at radius 2 is 1.72 bits per heavy atom. The summed E-state index contributed by atoms with van der Waals surface area (Å²) in [6, 6.07) is 6.65. The highest BCUT2D eigenvalue weighted by molar-refractivity contribution is 6.32. The lowest BCUT2D eigenvalue weighted by Gasteiger charge is -2.29. The number of Topliss-reactive ketones (excluding diaryl/α,β-unsaturated/α-hetero) is 2. The minimum absolute atomic E-state index is 0.351. The van der Waals surface area contributed by atoms with Gasteiger partial charge in [0, 0.05) is 17.0 Å². The fourth-order valence-electron chi connectivity index (χ4n) is 2.89. The number of hydrogen-bond acceptors (Lipinski definition) is 3. The van der Waals surface area contributed by atoms with Gasteiger partial charge >= 0.3 is 0 Å². The van der Waals surface area contributed by atoms with Crippen molar-refractivity contribution in [2.75, 3.05) is 0 Å². The van der Waals surface area contributed by atoms with Crippen LogP contribution >= 0.6 is 0 Å². The largest absolute Gasteiger partial charge is 0.374 e. The van der Waals surface area contributed by atoms with Gasteiger partial charge in [-0.05, 0) is 19.3 Å². The molecule has 0 saturated heterocycles. The molecule has 0 saturated carbocycles. The zero-order valence-electron chi connectivity index (χ0n) is 9.93. The first-order chi connectivity index (χ1) is 8.65. The molecule has 1 aromatic carbocycles. The average Bonchev–Trinajstić information content (AvgIpc) is 2.64. The molecule has 18 heavy (non-hydrogen) atoms. The number of fused-ring (bicyclic) bond motifs is 1. The summed E-state index contributed by atoms with van der Waals surface area (Å²) in [4.78, 5) is 24.6. The van der Waals surface area contributed by atoms with Crippen molar-refractivity contribution in [3.05, 3.63) is 47.5 Å². The molecule has 0 fully saturated rings. The molecule has 1 atom stereocenters. The lowest BCUT2D eigenvalue weighted by molar-refractivity contribution is 0.0151. The maximum atomic E-state index is 12.3. The number of benzene rings is 1. The minimum atomic E-state index is -1.87. The molecule has 92 valence electrons. The molecule has 1 unspecified atom stereocenters. The molecule has 3 rings (SSSR count). The second-order valence-electron chi connectivity index (χ2n) is 4.94. The van der Waals surface area contributed by atoms with Gasteiger partial charge in [0.15, 0.2) is 5.60 Å². The maximum Gasteiger partial charge on any atom is 0.203 e. The third-order valence-corrected chi connectivity index (χ3v) is 3.90. The number of carbonyl (C=O) groups is 2. The number of carbonyl (C=O) groups excluding carboxylic acids is 2. The molecule has 0 spiro atoms. The summed E-state index contributed by atoms with van der Waals surface area (Å²) in [7, 11) is 0. The minimum Gasteiger partial charge on any atom is -0.374 e. The highest BCUT2D eigenvalue weighted by Crippen LogP contribution is 2.39. The number of allylic oxidation sites excluding steroid dienone is 1. The Balaban J connectivity index is 2.10. The summed E-state index contributed by atoms with van der Waals surface area (Å²) in [5.74, 6) is -1.28. The molecule has 1 aromatic rings. The van der Waals surface area contributed by atoms with Crippen LogP contribution in [0, 0.1) is 5.92 Å². The van der Waals surface area contributed by atoms with E-state index in [1.54, 1.807) is 24.3 Å². The molecule has 0 heterocycles. The predicted molar refractivity (Wildman–Crippen MR) is 66.5 cm³/mol. The Bertz CT molecular complexity index is 522. The van der Waals surface area contributed by atoms with Crippen LogP contribution in [0.25, 0.3) is 0 Å². The topological polar surface area (TPSA) is 54.4 Å². The fourth-order valence-corrected chi connectivity index (χ4v) is 2.89. The van der Waals surface area contributed by atoms with E-state index in [9.17, 15) is 14.7 Å². The lowest BCUT2D eigenvalue weighted by Crippen LogP contribution is -2.48. The highest BCUT2D eigenvalue weighted by Gasteiger charge is 2.55. The van der Waals surface area contributed by atoms with Crippen molar-refractivity contribution in [3.63, 3.8) is 0 Å². The van der Waals surface area contributed by atoms with Crippen molar-refractivity contribution in [1.82, 2.24) is 0 Å². The molecular weight excluding hydrogens is 228 g/mol. The van der Waals surface area contributed by atoms with Crippen molar-refractivity contribution in [3.8, 4) is 0 Å². The normalized spacial score (nSPS) is 25.3. The molecule has 0 amide bonds. The smallest absolute Gasteiger partial charge is 0.203 e. The van der Waals surface area contributed by atoms with Gasteiger partial charge in [-0.1, -0.05) is 36.4 Å². The predicted octanol–water partition coefficient (Wildman–Crippen LogP) is 2.15. The number of rotatable bonds is 1. The Hall–Kier alpha value is -1.74. The van der Waals surface area contributed by atoms with Gasteiger partial charge in [0.1, 0.15) is 0 Å². The third-order valence-electron chi connectivity index (χ3n) is 3.90. The van der Waals surface area contributed by atoms with Crippen LogP contribution in [0.1, 0.15) is 40.0 Å². The summed E-state index contributed by atoms with van der Waals surface area (Å²) < 4.78 is 0. The van der Waals surface area contributed by atoms with E-state index in [1.807, 2.05) is 12.2 Å². The molecule has 1 N–H and O–H groups in total. The van der Waals surface area contributed by atoms with Crippen molar-refractivity contribution >= 4 is 11.6 Å². The van der Waals surface area contributed by atoms with E-state index in [1.165, 1.54) is 0 Å². The molecule has 0 aliphatic heterocycles. The summed E-state index contributed by atoms with van der Waals surface area (Å²) >= 11 is 0. The number of aliphatic hydroxyl groups is 1. The van der Waals surface area contributed by atoms with Crippen LogP contribution < -0.4 is 0 Å². The van der Waals surface area contributed by atoms with Crippen LogP contribution in [0.15, 0.2) is 36.4 Å². The van der Waals surface area contributed by atoms with Crippen LogP contribution in [0.5, 0.6) is 0 Å². The van der Waals surface area contributed by atoms with Crippen molar-refractivity contribution in [1.29, 1.82) is 0 Å². The van der Waals surface area contributed by atoms with Gasteiger partial charge in [-0.3, -0.25) is 9.59 Å². The Kier molecular flexibility index (Phi) is 2.45. The van der Waals surface area contributed by atoms with Crippen molar-refractivity contribution < 1.29 is 14.7 Å². The first-order valence-corrected chi connectivity index (χ1v) is 6.23. The third kappa shape index (κ3) is 1.34. The Labute approximate surface area is 105 Å². The van der Waals surface area contributed by atoms with E-state index in [-0.39, 0.29) is 0 Å². The van der Waals surface area contributed by atoms with Crippen LogP contribution in [0.2, 0.25) is 0 Å². The summed E-state index contributed by atoms with van der Waals surface area (Å²) in [5.41, 5.74) is -1.17. The summed E-state index contributed by atoms with van der Waals surface area (Å²) in [6.07, 6.45) is 6.28. The molecule has 3 heteroatoms. The average molecular weight is 242 g/mol. The van der Waals surface area contributed by atoms with Gasteiger partial charge < -0.3 is 5.11 Å². The molecule has 0 radical (unpaired) electrons. The fraction of sp³-hybridized carbons (Fsp3) is 0.333. The number of ketones is 2. The zero-order valence-corrected chi connectivity index (χ0v) is 9.93. The second-order valence-corrected chi connectivity index (χ2v) is 4.94. The molecule has 2 aliphatic carbocycles. The molecule has 2 aliphatic rings. The van der Waals surface area contributed by atoms with Gasteiger partial charge in [-0.15, -0.1) is 0 Å². The summed E-state index contributed by atoms with van der Waals surface area (Å²) in [5, 5.41) is 10.6. The summed E-state index contributed by atoms with van der Waals surface area (Å²) in [6.45, 7) is 0. The SMILES string of the molecule is O=C1c2ccccc2C(=O)C1(O)C1C=CCCC1. The monoisotopic (exact) mass is 242 g/mol. The van der Waals surface area contributed by atoms with Gasteiger partial charge in [0.05, 0.1) is 0 Å². The van der Waals surface area contributed by atoms with Gasteiger partial charge in [-0.25, -0.2) is 0 Å². The highest BCUT2D eigenvalue weighted by atomic mass is 16.3. The van der Waals surface area contributed by atoms with E-state index in [0.717, 1.165) is 12.8 Å². The zero-order chi connectivity index (χ0) is 12.8. The van der Waals surface area contributed by atoms with Gasteiger partial charge in [-0.2, -0.15) is 0 Å². The molecular formula is C15H14O3. The lowest BCUT2D eigenvalue weighted by atomic mass is 9.77. The van der Waals surface area contributed by atoms with Crippen molar-refractivity contribution in [2.24, 2.45) is 5.92 Å². The molecule has 3 nitrogen and oxygen atoms in total. The van der Waals surface area contributed by atoms with Crippen molar-refractivity contribution in [2.45, 2.75) is 24.9 Å². The van der Waals surface area contributed by atoms with E-state index >= 15 is 0 Å². The number of hydrogen-bond donors (Lipinski definition) is 1. The van der Waals surface area contributed by atoms with E-state index in [4.69, 9.17) is 0 Å². The first kappa shape index (κ1) is 11.4. The van der Waals surface area contributed by atoms with Gasteiger partial charge in [0.2, 0.25) is 11.6 Å². The quantitative estimate of drug-likeness (QED) is 0.606. The maximum absolute atomic E-state index is 12.3. The first-order valence-electron chi connectivity index (χ1n) is 6.23. The van der Waals surface area contributed by atoms with Crippen LogP contribution in [-0.4, -0.2) is 22.3 Å². The Morgan fingerprint density at radius 1 is 1.11 bits per heavy atom. The van der Waals surface area contributed by atoms with Gasteiger partial charge in [0.25, 0.3) is 0 Å². The van der Waals surface area contributed by atoms with E-state index in [2.05, 4.69) is 0 Å². The standard InChI is InChI=1S/C15H14O3/c16-13-11-8-4-5-9-12(11)14(17)15(13,18)10-6-2-1-3-7-10/h2,4-6,8-10,18H,1,3,7H2. The van der Waals surface area contributed by atoms with Crippen LogP contribution in [0.3, 0.4) is 0 Å².